The molecule has 0 saturated carbocycles. The molecule has 6 rings (SSSR count). The first kappa shape index (κ1) is 22.9. The molecule has 2 fully saturated rings. The van der Waals surface area contributed by atoms with Crippen molar-refractivity contribution in [3.63, 3.8) is 0 Å². The Balaban J connectivity index is 1.15. The third-order valence-electron chi connectivity index (χ3n) is 7.84. The van der Waals surface area contributed by atoms with E-state index in [1.807, 2.05) is 11.8 Å². The van der Waals surface area contributed by atoms with Crippen LogP contribution in [0.2, 0.25) is 0 Å². The van der Waals surface area contributed by atoms with Crippen LogP contribution >= 0.6 is 0 Å². The quantitative estimate of drug-likeness (QED) is 0.531. The molecule has 0 radical (unpaired) electrons. The van der Waals surface area contributed by atoms with E-state index in [9.17, 15) is 4.79 Å². The Hall–Kier alpha value is -3.54. The molecule has 2 amide bonds. The number of aromatic nitrogens is 2. The molecule has 2 atom stereocenters. The largest absolute Gasteiger partial charge is 0.495 e. The maximum atomic E-state index is 13.6. The minimum Gasteiger partial charge on any atom is -0.495 e. The van der Waals surface area contributed by atoms with E-state index in [0.717, 1.165) is 55.0 Å². The number of aryl methyl sites for hydroxylation is 1. The van der Waals surface area contributed by atoms with Crippen LogP contribution in [0.4, 0.5) is 4.79 Å². The van der Waals surface area contributed by atoms with Crippen LogP contribution in [0.3, 0.4) is 0 Å². The summed E-state index contributed by atoms with van der Waals surface area (Å²) >= 11 is 0. The maximum absolute atomic E-state index is 13.6. The number of hydrogen-bond donors (Lipinski definition) is 1. The summed E-state index contributed by atoms with van der Waals surface area (Å²) in [5, 5.41) is 0. The fraction of sp³-hybridized carbons (Fsp3) is 0.400. The van der Waals surface area contributed by atoms with Crippen LogP contribution in [0.15, 0.2) is 65.9 Å². The number of nitrogens with one attached hydrogen (secondary N) is 1. The number of allylic oxidation sites excluding steroid dienone is 3. The molecule has 6 nitrogen and oxygen atoms in total. The summed E-state index contributed by atoms with van der Waals surface area (Å²) in [7, 11) is 0. The number of aromatic amines is 1. The first-order valence-electron chi connectivity index (χ1n) is 13.1. The Labute approximate surface area is 212 Å². The lowest BCUT2D eigenvalue weighted by Crippen LogP contribution is -2.44. The third kappa shape index (κ3) is 4.52. The van der Waals surface area contributed by atoms with Gasteiger partial charge in [0.25, 0.3) is 0 Å². The standard InChI is InChI=1S/C30H34N4O2/c1-20-14-25(24-8-9-27-28(17-24)32-21(2)31-27)16-26-19-34(12-13-36-29(20)26)30(35)33-11-10-23(18-33)15-22-6-4-3-5-7-22/h3-9,14,17,23,26H,10-13,15-16,18-19H2,1-2H3,(H,31,32). The first-order valence-corrected chi connectivity index (χ1v) is 13.1. The van der Waals surface area contributed by atoms with E-state index in [1.165, 1.54) is 22.3 Å². The number of carbonyl (C=O) groups is 1. The van der Waals surface area contributed by atoms with Crippen molar-refractivity contribution in [2.45, 2.75) is 33.1 Å². The smallest absolute Gasteiger partial charge is 0.320 e. The molecular formula is C30H34N4O2. The second-order valence-corrected chi connectivity index (χ2v) is 10.5. The maximum Gasteiger partial charge on any atom is 0.320 e. The number of benzene rings is 2. The van der Waals surface area contributed by atoms with E-state index in [4.69, 9.17) is 4.74 Å². The minimum absolute atomic E-state index is 0.165. The SMILES string of the molecule is CC1=C2OCCN(C(=O)N3CCC(Cc4ccccc4)C3)CC2CC(c2ccc3nc(C)[nH]c3c2)=C1. The number of hydrogen-bond acceptors (Lipinski definition) is 3. The molecule has 2 aromatic carbocycles. The highest BCUT2D eigenvalue weighted by molar-refractivity contribution is 5.82. The molecule has 0 spiro atoms. The summed E-state index contributed by atoms with van der Waals surface area (Å²) < 4.78 is 6.23. The van der Waals surface area contributed by atoms with Crippen LogP contribution in [-0.2, 0) is 11.2 Å². The number of H-pyrrole nitrogens is 1. The van der Waals surface area contributed by atoms with Crippen LogP contribution in [0, 0.1) is 18.8 Å². The van der Waals surface area contributed by atoms with Crippen molar-refractivity contribution in [3.8, 4) is 0 Å². The third-order valence-corrected chi connectivity index (χ3v) is 7.84. The number of imidazole rings is 1. The Kier molecular flexibility index (Phi) is 6.04. The van der Waals surface area contributed by atoms with Crippen molar-refractivity contribution in [1.82, 2.24) is 19.8 Å². The lowest BCUT2D eigenvalue weighted by molar-refractivity contribution is 0.152. The monoisotopic (exact) mass is 482 g/mol. The molecule has 2 unspecified atom stereocenters. The Morgan fingerprint density at radius 2 is 1.92 bits per heavy atom. The van der Waals surface area contributed by atoms with Crippen LogP contribution < -0.4 is 0 Å². The summed E-state index contributed by atoms with van der Waals surface area (Å²) in [6, 6.07) is 17.2. The number of nitrogens with zero attached hydrogens (tertiary/aromatic N) is 3. The zero-order valence-electron chi connectivity index (χ0n) is 21.2. The number of amides is 2. The Morgan fingerprint density at radius 3 is 2.78 bits per heavy atom. The van der Waals surface area contributed by atoms with E-state index >= 15 is 0 Å². The normalized spacial score (nSPS) is 22.3. The van der Waals surface area contributed by atoms with Crippen molar-refractivity contribution in [1.29, 1.82) is 0 Å². The average molecular weight is 483 g/mol. The molecule has 2 saturated heterocycles. The molecule has 2 aliphatic heterocycles. The van der Waals surface area contributed by atoms with E-state index in [0.29, 0.717) is 25.6 Å². The second kappa shape index (κ2) is 9.49. The predicted molar refractivity (Wildman–Crippen MR) is 142 cm³/mol. The topological polar surface area (TPSA) is 61.5 Å². The number of fused-ring (bicyclic) bond motifs is 2. The summed E-state index contributed by atoms with van der Waals surface area (Å²) in [6.07, 6.45) is 5.23. The summed E-state index contributed by atoms with van der Waals surface area (Å²) in [4.78, 5) is 25.5. The van der Waals surface area contributed by atoms with E-state index in [-0.39, 0.29) is 11.9 Å². The van der Waals surface area contributed by atoms with Gasteiger partial charge >= 0.3 is 6.03 Å². The van der Waals surface area contributed by atoms with Crippen molar-refractivity contribution >= 4 is 22.6 Å². The summed E-state index contributed by atoms with van der Waals surface area (Å²) in [5.41, 5.74) is 7.07. The van der Waals surface area contributed by atoms with Crippen LogP contribution in [0.25, 0.3) is 16.6 Å². The van der Waals surface area contributed by atoms with Gasteiger partial charge < -0.3 is 19.5 Å². The molecule has 6 heteroatoms. The molecule has 3 aliphatic rings. The second-order valence-electron chi connectivity index (χ2n) is 10.5. The van der Waals surface area contributed by atoms with Crippen molar-refractivity contribution in [3.05, 3.63) is 82.9 Å². The minimum atomic E-state index is 0.165. The van der Waals surface area contributed by atoms with Gasteiger partial charge in [-0.15, -0.1) is 0 Å². The molecule has 1 N–H and O–H groups in total. The number of carbonyl (C=O) groups excluding carboxylic acids is 1. The van der Waals surface area contributed by atoms with Gasteiger partial charge in [0.2, 0.25) is 0 Å². The molecule has 1 aromatic heterocycles. The van der Waals surface area contributed by atoms with Gasteiger partial charge in [-0.25, -0.2) is 9.78 Å². The summed E-state index contributed by atoms with van der Waals surface area (Å²) in [5.74, 6) is 2.69. The zero-order valence-corrected chi connectivity index (χ0v) is 21.2. The molecule has 186 valence electrons. The van der Waals surface area contributed by atoms with Crippen molar-refractivity contribution in [2.75, 3.05) is 32.8 Å². The first-order chi connectivity index (χ1) is 17.5. The van der Waals surface area contributed by atoms with Crippen LogP contribution in [0.5, 0.6) is 0 Å². The van der Waals surface area contributed by atoms with Gasteiger partial charge in [-0.1, -0.05) is 42.5 Å². The lowest BCUT2D eigenvalue weighted by atomic mass is 9.85. The Bertz CT molecular complexity index is 1340. The van der Waals surface area contributed by atoms with Crippen LogP contribution in [0.1, 0.15) is 36.7 Å². The zero-order chi connectivity index (χ0) is 24.6. The van der Waals surface area contributed by atoms with Crippen molar-refractivity contribution in [2.24, 2.45) is 11.8 Å². The average Bonchev–Trinajstić information content (AvgIpc) is 3.42. The predicted octanol–water partition coefficient (Wildman–Crippen LogP) is 5.57. The molecule has 3 aromatic rings. The molecule has 1 aliphatic carbocycles. The van der Waals surface area contributed by atoms with Gasteiger partial charge in [0.15, 0.2) is 0 Å². The lowest BCUT2D eigenvalue weighted by Gasteiger charge is -2.30. The Morgan fingerprint density at radius 1 is 1.08 bits per heavy atom. The highest BCUT2D eigenvalue weighted by Gasteiger charge is 2.34. The van der Waals surface area contributed by atoms with E-state index < -0.39 is 0 Å². The van der Waals surface area contributed by atoms with Gasteiger partial charge in [-0.05, 0) is 73.4 Å². The van der Waals surface area contributed by atoms with E-state index in [1.54, 1.807) is 0 Å². The van der Waals surface area contributed by atoms with Gasteiger partial charge in [0.05, 0.1) is 17.6 Å². The fourth-order valence-electron chi connectivity index (χ4n) is 6.11. The highest BCUT2D eigenvalue weighted by atomic mass is 16.5. The van der Waals surface area contributed by atoms with Gasteiger partial charge in [-0.3, -0.25) is 0 Å². The van der Waals surface area contributed by atoms with Crippen molar-refractivity contribution < 1.29 is 9.53 Å². The number of ether oxygens (including phenoxy) is 1. The fourth-order valence-corrected chi connectivity index (χ4v) is 6.11. The van der Waals surface area contributed by atoms with Gasteiger partial charge in [-0.2, -0.15) is 0 Å². The molecule has 3 heterocycles. The number of likely N-dealkylation sites (tertiary alicyclic amines) is 1. The van der Waals surface area contributed by atoms with Crippen LogP contribution in [-0.4, -0.2) is 58.6 Å². The highest BCUT2D eigenvalue weighted by Crippen LogP contribution is 2.38. The van der Waals surface area contributed by atoms with E-state index in [2.05, 4.69) is 76.4 Å². The number of rotatable bonds is 3. The molecular weight excluding hydrogens is 448 g/mol. The summed E-state index contributed by atoms with van der Waals surface area (Å²) in [6.45, 7) is 7.69. The van der Waals surface area contributed by atoms with Gasteiger partial charge in [0.1, 0.15) is 18.2 Å². The molecule has 0 bridgehead atoms. The van der Waals surface area contributed by atoms with Gasteiger partial charge in [0, 0.05) is 25.6 Å². The molecule has 36 heavy (non-hydrogen) atoms. The number of urea groups is 1.